The minimum Gasteiger partial charge on any atom is -0.393 e. The molecule has 0 amide bonds. The van der Waals surface area contributed by atoms with E-state index in [2.05, 4.69) is 10.1 Å². The van der Waals surface area contributed by atoms with Gasteiger partial charge in [0.05, 0.1) is 6.61 Å². The Balaban J connectivity index is 2.82. The molecule has 1 heterocycles. The molecule has 5 heteroatoms. The van der Waals surface area contributed by atoms with Crippen molar-refractivity contribution in [1.82, 2.24) is 14.8 Å². The van der Waals surface area contributed by atoms with Gasteiger partial charge in [-0.15, -0.1) is 0 Å². The summed E-state index contributed by atoms with van der Waals surface area (Å²) in [7, 11) is 1.65. The highest BCUT2D eigenvalue weighted by Crippen LogP contribution is 2.04. The number of hydrogen-bond acceptors (Lipinski definition) is 4. The smallest absolute Gasteiger partial charge is 0.157 e. The van der Waals surface area contributed by atoms with E-state index in [-0.39, 0.29) is 6.61 Å². The zero-order valence-corrected chi connectivity index (χ0v) is 5.60. The summed E-state index contributed by atoms with van der Waals surface area (Å²) in [6, 6.07) is 0. The van der Waals surface area contributed by atoms with Gasteiger partial charge >= 0.3 is 0 Å². The molecule has 56 valence electrons. The van der Waals surface area contributed by atoms with E-state index in [0.717, 1.165) is 0 Å². The summed E-state index contributed by atoms with van der Waals surface area (Å²) in [5.74, 6) is 0.377. The Bertz CT molecular complexity index is 210. The second kappa shape index (κ2) is 2.76. The molecule has 5 nitrogen and oxygen atoms in total. The second-order valence-corrected chi connectivity index (χ2v) is 1.94. The molecule has 1 aromatic rings. The number of aliphatic hydroxyl groups excluding tert-OH is 2. The van der Waals surface area contributed by atoms with Crippen molar-refractivity contribution < 1.29 is 10.2 Å². The van der Waals surface area contributed by atoms with Crippen LogP contribution >= 0.6 is 0 Å². The van der Waals surface area contributed by atoms with Gasteiger partial charge in [-0.1, -0.05) is 0 Å². The topological polar surface area (TPSA) is 71.2 Å². The summed E-state index contributed by atoms with van der Waals surface area (Å²) in [5, 5.41) is 21.2. The molecule has 0 saturated carbocycles. The highest BCUT2D eigenvalue weighted by molar-refractivity contribution is 4.88. The number of hydrogen-bond donors (Lipinski definition) is 2. The van der Waals surface area contributed by atoms with Crippen LogP contribution in [0.15, 0.2) is 6.33 Å². The largest absolute Gasteiger partial charge is 0.393 e. The molecule has 10 heavy (non-hydrogen) atoms. The van der Waals surface area contributed by atoms with E-state index in [4.69, 9.17) is 10.2 Å². The minimum atomic E-state index is -0.924. The van der Waals surface area contributed by atoms with Crippen LogP contribution in [0.5, 0.6) is 0 Å². The molecule has 0 aliphatic rings. The summed E-state index contributed by atoms with van der Waals surface area (Å²) in [5.41, 5.74) is 0. The van der Waals surface area contributed by atoms with Crippen molar-refractivity contribution in [1.29, 1.82) is 0 Å². The summed E-state index contributed by atoms with van der Waals surface area (Å²) in [6.45, 7) is -0.327. The maximum atomic E-state index is 9.03. The van der Waals surface area contributed by atoms with Crippen molar-refractivity contribution in [3.63, 3.8) is 0 Å². The van der Waals surface area contributed by atoms with Crippen molar-refractivity contribution in [2.45, 2.75) is 6.10 Å². The Hall–Kier alpha value is -0.940. The third-order valence-electron chi connectivity index (χ3n) is 1.22. The Morgan fingerprint density at radius 3 is 2.90 bits per heavy atom. The molecule has 0 bridgehead atoms. The van der Waals surface area contributed by atoms with Crippen molar-refractivity contribution in [3.8, 4) is 0 Å². The highest BCUT2D eigenvalue weighted by Gasteiger charge is 2.10. The lowest BCUT2D eigenvalue weighted by atomic mass is 10.4. The molecular weight excluding hydrogens is 134 g/mol. The quantitative estimate of drug-likeness (QED) is 0.548. The van der Waals surface area contributed by atoms with Gasteiger partial charge in [-0.05, 0) is 0 Å². The molecule has 1 atom stereocenters. The lowest BCUT2D eigenvalue weighted by molar-refractivity contribution is 0.0856. The van der Waals surface area contributed by atoms with E-state index < -0.39 is 6.10 Å². The van der Waals surface area contributed by atoms with Crippen LogP contribution in [0.2, 0.25) is 0 Å². The third kappa shape index (κ3) is 1.14. The molecule has 0 spiro atoms. The Morgan fingerprint density at radius 2 is 2.50 bits per heavy atom. The molecular formula is C5H9N3O2. The Kier molecular flexibility index (Phi) is 1.98. The molecule has 1 rings (SSSR count). The van der Waals surface area contributed by atoms with Gasteiger partial charge in [0.2, 0.25) is 0 Å². The SMILES string of the molecule is Cn1ncnc1C(O)CO. The van der Waals surface area contributed by atoms with Crippen LogP contribution in [0, 0.1) is 0 Å². The number of nitrogens with zero attached hydrogens (tertiary/aromatic N) is 3. The van der Waals surface area contributed by atoms with Crippen LogP contribution in [-0.2, 0) is 7.05 Å². The molecule has 0 saturated heterocycles. The fraction of sp³-hybridized carbons (Fsp3) is 0.600. The summed E-state index contributed by atoms with van der Waals surface area (Å²) < 4.78 is 1.42. The molecule has 1 unspecified atom stereocenters. The maximum absolute atomic E-state index is 9.03. The molecule has 2 N–H and O–H groups in total. The average molecular weight is 143 g/mol. The van der Waals surface area contributed by atoms with E-state index in [0.29, 0.717) is 5.82 Å². The predicted octanol–water partition coefficient (Wildman–Crippen LogP) is -1.16. The monoisotopic (exact) mass is 143 g/mol. The van der Waals surface area contributed by atoms with Gasteiger partial charge in [-0.25, -0.2) is 4.98 Å². The Morgan fingerprint density at radius 1 is 1.80 bits per heavy atom. The van der Waals surface area contributed by atoms with Gasteiger partial charge in [0.1, 0.15) is 12.4 Å². The lowest BCUT2D eigenvalue weighted by Gasteiger charge is -2.03. The average Bonchev–Trinajstić information content (AvgIpc) is 2.34. The second-order valence-electron chi connectivity index (χ2n) is 1.94. The third-order valence-corrected chi connectivity index (χ3v) is 1.22. The fourth-order valence-corrected chi connectivity index (χ4v) is 0.688. The van der Waals surface area contributed by atoms with E-state index in [9.17, 15) is 0 Å². The van der Waals surface area contributed by atoms with Crippen molar-refractivity contribution in [3.05, 3.63) is 12.2 Å². The van der Waals surface area contributed by atoms with Crippen molar-refractivity contribution >= 4 is 0 Å². The number of aliphatic hydroxyl groups is 2. The maximum Gasteiger partial charge on any atom is 0.157 e. The van der Waals surface area contributed by atoms with Crippen LogP contribution in [0.3, 0.4) is 0 Å². The van der Waals surface area contributed by atoms with Gasteiger partial charge in [-0.3, -0.25) is 4.68 Å². The first-order chi connectivity index (χ1) is 4.75. The molecule has 1 aromatic heterocycles. The lowest BCUT2D eigenvalue weighted by Crippen LogP contribution is -2.09. The summed E-state index contributed by atoms with van der Waals surface area (Å²) in [6.07, 6.45) is 0.404. The molecule has 0 aliphatic carbocycles. The van der Waals surface area contributed by atoms with Crippen LogP contribution in [0.1, 0.15) is 11.9 Å². The highest BCUT2D eigenvalue weighted by atomic mass is 16.3. The van der Waals surface area contributed by atoms with Gasteiger partial charge in [0, 0.05) is 7.05 Å². The number of aromatic nitrogens is 3. The molecule has 0 aromatic carbocycles. The zero-order chi connectivity index (χ0) is 7.56. The molecule has 0 radical (unpaired) electrons. The van der Waals surface area contributed by atoms with E-state index in [1.807, 2.05) is 0 Å². The predicted molar refractivity (Wildman–Crippen MR) is 33.0 cm³/mol. The van der Waals surface area contributed by atoms with Gasteiger partial charge in [0.25, 0.3) is 0 Å². The van der Waals surface area contributed by atoms with E-state index >= 15 is 0 Å². The van der Waals surface area contributed by atoms with Gasteiger partial charge in [0.15, 0.2) is 5.82 Å². The summed E-state index contributed by atoms with van der Waals surface area (Å²) in [4.78, 5) is 3.73. The van der Waals surface area contributed by atoms with Crippen LogP contribution in [0.4, 0.5) is 0 Å². The fourth-order valence-electron chi connectivity index (χ4n) is 0.688. The van der Waals surface area contributed by atoms with Crippen LogP contribution in [0.25, 0.3) is 0 Å². The van der Waals surface area contributed by atoms with Gasteiger partial charge in [-0.2, -0.15) is 5.10 Å². The standard InChI is InChI=1S/C5H9N3O2/c1-8-5(4(10)2-9)6-3-7-8/h3-4,9-10H,2H2,1H3. The first-order valence-electron chi connectivity index (χ1n) is 2.88. The van der Waals surface area contributed by atoms with Crippen LogP contribution in [-0.4, -0.2) is 31.6 Å². The molecule has 0 aliphatic heterocycles. The summed E-state index contributed by atoms with van der Waals surface area (Å²) >= 11 is 0. The van der Waals surface area contributed by atoms with E-state index in [1.54, 1.807) is 7.05 Å². The number of aryl methyl sites for hydroxylation is 1. The van der Waals surface area contributed by atoms with Crippen molar-refractivity contribution in [2.75, 3.05) is 6.61 Å². The van der Waals surface area contributed by atoms with Gasteiger partial charge < -0.3 is 10.2 Å². The van der Waals surface area contributed by atoms with Crippen LogP contribution < -0.4 is 0 Å². The van der Waals surface area contributed by atoms with Crippen molar-refractivity contribution in [2.24, 2.45) is 7.05 Å². The Labute approximate surface area is 57.9 Å². The number of rotatable bonds is 2. The van der Waals surface area contributed by atoms with E-state index in [1.165, 1.54) is 11.0 Å². The first-order valence-corrected chi connectivity index (χ1v) is 2.88. The minimum absolute atomic E-state index is 0.327. The first kappa shape index (κ1) is 7.17. The molecule has 0 fully saturated rings. The zero-order valence-electron chi connectivity index (χ0n) is 5.60. The normalized spacial score (nSPS) is 13.5.